The van der Waals surface area contributed by atoms with Crippen LogP contribution in [0.3, 0.4) is 0 Å². The molecule has 2 fully saturated rings. The minimum atomic E-state index is 0.795. The molecule has 1 N–H and O–H groups in total. The van der Waals surface area contributed by atoms with Crippen LogP contribution in [-0.4, -0.2) is 36.6 Å². The molecule has 2 heteroatoms. The summed E-state index contributed by atoms with van der Waals surface area (Å²) < 4.78 is 0. The Hall–Kier alpha value is -0.0800. The van der Waals surface area contributed by atoms with Gasteiger partial charge in [0, 0.05) is 18.1 Å². The second-order valence-corrected chi connectivity index (χ2v) is 5.62. The van der Waals surface area contributed by atoms with Gasteiger partial charge >= 0.3 is 0 Å². The van der Waals surface area contributed by atoms with Gasteiger partial charge in [0.25, 0.3) is 0 Å². The van der Waals surface area contributed by atoms with Crippen molar-refractivity contribution in [3.63, 3.8) is 0 Å². The number of hydrogen-bond acceptors (Lipinski definition) is 2. The van der Waals surface area contributed by atoms with Crippen LogP contribution in [0.2, 0.25) is 0 Å². The lowest BCUT2D eigenvalue weighted by atomic mass is 9.90. The zero-order chi connectivity index (χ0) is 11.4. The van der Waals surface area contributed by atoms with Gasteiger partial charge in [0.05, 0.1) is 0 Å². The quantitative estimate of drug-likeness (QED) is 0.746. The Balaban J connectivity index is 1.79. The number of hydrogen-bond donors (Lipinski definition) is 1. The lowest BCUT2D eigenvalue weighted by molar-refractivity contribution is 0.135. The molecule has 0 saturated heterocycles. The van der Waals surface area contributed by atoms with E-state index < -0.39 is 0 Å². The second-order valence-electron chi connectivity index (χ2n) is 5.62. The van der Waals surface area contributed by atoms with Crippen molar-refractivity contribution in [2.24, 2.45) is 0 Å². The van der Waals surface area contributed by atoms with E-state index in [-0.39, 0.29) is 0 Å². The van der Waals surface area contributed by atoms with Crippen molar-refractivity contribution in [3.8, 4) is 0 Å². The molecule has 0 aromatic carbocycles. The second kappa shape index (κ2) is 6.02. The van der Waals surface area contributed by atoms with E-state index in [9.17, 15) is 0 Å². The molecule has 0 heterocycles. The molecule has 0 aromatic heterocycles. The molecular formula is C14H28N2. The molecule has 0 radical (unpaired) electrons. The molecule has 16 heavy (non-hydrogen) atoms. The summed E-state index contributed by atoms with van der Waals surface area (Å²) in [7, 11) is 2.11. The van der Waals surface area contributed by atoms with Crippen molar-refractivity contribution < 1.29 is 0 Å². The largest absolute Gasteiger partial charge is 0.317 e. The Morgan fingerprint density at radius 1 is 1.00 bits per heavy atom. The van der Waals surface area contributed by atoms with Crippen molar-refractivity contribution in [3.05, 3.63) is 0 Å². The Bertz CT molecular complexity index is 193. The SMILES string of the molecule is CCCCN(C1CCC(NC)CC1)C1CC1. The average molecular weight is 224 g/mol. The van der Waals surface area contributed by atoms with E-state index in [1.165, 1.54) is 57.9 Å². The summed E-state index contributed by atoms with van der Waals surface area (Å²) in [5.74, 6) is 0. The normalized spacial score (nSPS) is 30.9. The number of nitrogens with zero attached hydrogens (tertiary/aromatic N) is 1. The molecule has 0 spiro atoms. The van der Waals surface area contributed by atoms with Gasteiger partial charge in [-0.25, -0.2) is 0 Å². The smallest absolute Gasteiger partial charge is 0.00993 e. The third-order valence-electron chi connectivity index (χ3n) is 4.36. The molecule has 0 aliphatic heterocycles. The summed E-state index contributed by atoms with van der Waals surface area (Å²) in [4.78, 5) is 2.84. The predicted octanol–water partition coefficient (Wildman–Crippen LogP) is 2.78. The summed E-state index contributed by atoms with van der Waals surface area (Å²) in [6.07, 6.45) is 11.3. The first-order valence-electron chi connectivity index (χ1n) is 7.28. The standard InChI is InChI=1S/C14H28N2/c1-3-4-11-16(14-9-10-14)13-7-5-12(15-2)6-8-13/h12-15H,3-11H2,1-2H3. The first kappa shape index (κ1) is 12.4. The van der Waals surface area contributed by atoms with E-state index in [1.54, 1.807) is 0 Å². The van der Waals surface area contributed by atoms with Crippen molar-refractivity contribution in [2.45, 2.75) is 76.4 Å². The van der Waals surface area contributed by atoms with Crippen LogP contribution < -0.4 is 5.32 Å². The van der Waals surface area contributed by atoms with Gasteiger partial charge in [-0.2, -0.15) is 0 Å². The molecule has 0 aromatic rings. The first-order chi connectivity index (χ1) is 7.85. The Morgan fingerprint density at radius 3 is 2.00 bits per heavy atom. The lowest BCUT2D eigenvalue weighted by Crippen LogP contribution is -2.43. The molecule has 0 unspecified atom stereocenters. The third kappa shape index (κ3) is 3.21. The van der Waals surface area contributed by atoms with Gasteiger partial charge in [0.2, 0.25) is 0 Å². The van der Waals surface area contributed by atoms with Crippen LogP contribution in [0.5, 0.6) is 0 Å². The van der Waals surface area contributed by atoms with E-state index in [4.69, 9.17) is 0 Å². The van der Waals surface area contributed by atoms with E-state index in [2.05, 4.69) is 24.2 Å². The van der Waals surface area contributed by atoms with Crippen LogP contribution in [0.1, 0.15) is 58.3 Å². The fourth-order valence-electron chi connectivity index (χ4n) is 3.11. The summed E-state index contributed by atoms with van der Waals surface area (Å²) in [6, 6.07) is 2.66. The first-order valence-corrected chi connectivity index (χ1v) is 7.28. The zero-order valence-corrected chi connectivity index (χ0v) is 11.0. The maximum absolute atomic E-state index is 3.43. The van der Waals surface area contributed by atoms with E-state index >= 15 is 0 Å². The van der Waals surface area contributed by atoms with Crippen LogP contribution in [0, 0.1) is 0 Å². The summed E-state index contributed by atoms with van der Waals surface area (Å²) in [5, 5.41) is 3.43. The van der Waals surface area contributed by atoms with Crippen LogP contribution in [0.15, 0.2) is 0 Å². The summed E-state index contributed by atoms with van der Waals surface area (Å²) in [5.41, 5.74) is 0. The molecule has 2 saturated carbocycles. The van der Waals surface area contributed by atoms with Gasteiger partial charge in [-0.05, 0) is 58.5 Å². The highest BCUT2D eigenvalue weighted by atomic mass is 15.2. The van der Waals surface area contributed by atoms with Crippen molar-refractivity contribution >= 4 is 0 Å². The van der Waals surface area contributed by atoms with Gasteiger partial charge in [-0.1, -0.05) is 13.3 Å². The molecule has 0 atom stereocenters. The van der Waals surface area contributed by atoms with Crippen LogP contribution >= 0.6 is 0 Å². The van der Waals surface area contributed by atoms with Gasteiger partial charge < -0.3 is 5.32 Å². The van der Waals surface area contributed by atoms with Gasteiger partial charge in [0.15, 0.2) is 0 Å². The maximum Gasteiger partial charge on any atom is 0.00993 e. The Labute approximate surface area is 101 Å². The zero-order valence-electron chi connectivity index (χ0n) is 11.0. The lowest BCUT2D eigenvalue weighted by Gasteiger charge is -2.37. The fraction of sp³-hybridized carbons (Fsp3) is 1.00. The number of nitrogens with one attached hydrogen (secondary N) is 1. The minimum Gasteiger partial charge on any atom is -0.317 e. The molecule has 0 amide bonds. The predicted molar refractivity (Wildman–Crippen MR) is 69.7 cm³/mol. The molecule has 0 bridgehead atoms. The highest BCUT2D eigenvalue weighted by Gasteiger charge is 2.34. The molecule has 2 rings (SSSR count). The van der Waals surface area contributed by atoms with Crippen molar-refractivity contribution in [1.29, 1.82) is 0 Å². The average Bonchev–Trinajstić information content (AvgIpc) is 3.15. The van der Waals surface area contributed by atoms with Crippen LogP contribution in [0.4, 0.5) is 0 Å². The van der Waals surface area contributed by atoms with Gasteiger partial charge in [-0.15, -0.1) is 0 Å². The highest BCUT2D eigenvalue weighted by molar-refractivity contribution is 4.91. The summed E-state index contributed by atoms with van der Waals surface area (Å²) >= 11 is 0. The van der Waals surface area contributed by atoms with Gasteiger partial charge in [0.1, 0.15) is 0 Å². The number of rotatable bonds is 6. The van der Waals surface area contributed by atoms with Crippen molar-refractivity contribution in [2.75, 3.05) is 13.6 Å². The third-order valence-corrected chi connectivity index (χ3v) is 4.36. The molecule has 2 aliphatic rings. The fourth-order valence-corrected chi connectivity index (χ4v) is 3.11. The molecule has 2 aliphatic carbocycles. The van der Waals surface area contributed by atoms with Crippen LogP contribution in [-0.2, 0) is 0 Å². The maximum atomic E-state index is 3.43. The molecular weight excluding hydrogens is 196 g/mol. The van der Waals surface area contributed by atoms with E-state index in [0.29, 0.717) is 0 Å². The van der Waals surface area contributed by atoms with E-state index in [0.717, 1.165) is 18.1 Å². The van der Waals surface area contributed by atoms with Crippen LogP contribution in [0.25, 0.3) is 0 Å². The summed E-state index contributed by atoms with van der Waals surface area (Å²) in [6.45, 7) is 3.67. The monoisotopic (exact) mass is 224 g/mol. The van der Waals surface area contributed by atoms with Gasteiger partial charge in [-0.3, -0.25) is 4.90 Å². The minimum absolute atomic E-state index is 0.795. The Morgan fingerprint density at radius 2 is 1.56 bits per heavy atom. The Kier molecular flexibility index (Phi) is 4.66. The molecule has 2 nitrogen and oxygen atoms in total. The number of unbranched alkanes of at least 4 members (excludes halogenated alkanes) is 1. The molecule has 94 valence electrons. The van der Waals surface area contributed by atoms with E-state index in [1.807, 2.05) is 0 Å². The van der Waals surface area contributed by atoms with Crippen molar-refractivity contribution in [1.82, 2.24) is 10.2 Å². The topological polar surface area (TPSA) is 15.3 Å². The highest BCUT2D eigenvalue weighted by Crippen LogP contribution is 2.33.